The van der Waals surface area contributed by atoms with E-state index in [4.69, 9.17) is 0 Å². The van der Waals surface area contributed by atoms with Crippen molar-refractivity contribution in [2.24, 2.45) is 0 Å². The Labute approximate surface area is 228 Å². The number of likely N-dealkylation sites (N-methyl/N-ethyl adjacent to an activating group) is 1. The number of hydrogen-bond donors (Lipinski definition) is 2. The van der Waals surface area contributed by atoms with Crippen LogP contribution in [0.3, 0.4) is 0 Å². The Hall–Kier alpha value is -4.38. The van der Waals surface area contributed by atoms with Crippen LogP contribution < -0.4 is 5.32 Å². The number of phenolic OH excluding ortho intramolecular Hbond substituents is 1. The highest BCUT2D eigenvalue weighted by Gasteiger charge is 2.37. The summed E-state index contributed by atoms with van der Waals surface area (Å²) in [5, 5.41) is 13.0. The summed E-state index contributed by atoms with van der Waals surface area (Å²) in [5.74, 6) is -1.35. The standard InChI is InChI=1S/C29H28F3N5O3/c1-17-4-7-20(25(38)14-17)21-8-5-18(2)37-16-24(34-26(21)37)27(39)33-19-6-9-22(23(15-19)29(30,31)32)28(40)36-12-10-35(3)11-13-36/h4-9,14-16,38H,10-13H2,1-3H3,(H,33,39). The summed E-state index contributed by atoms with van der Waals surface area (Å²) in [6.07, 6.45) is -3.31. The van der Waals surface area contributed by atoms with Crippen molar-refractivity contribution < 1.29 is 27.9 Å². The number of imidazole rings is 1. The lowest BCUT2D eigenvalue weighted by Crippen LogP contribution is -2.47. The second-order valence-corrected chi connectivity index (χ2v) is 10.0. The fourth-order valence-electron chi connectivity index (χ4n) is 4.80. The van der Waals surface area contributed by atoms with E-state index in [1.165, 1.54) is 17.2 Å². The Morgan fingerprint density at radius 1 is 0.950 bits per heavy atom. The summed E-state index contributed by atoms with van der Waals surface area (Å²) in [4.78, 5) is 33.9. The van der Waals surface area contributed by atoms with Crippen LogP contribution in [0.1, 0.15) is 37.7 Å². The predicted octanol–water partition coefficient (Wildman–Crippen LogP) is 4.98. The molecule has 0 saturated carbocycles. The van der Waals surface area contributed by atoms with Gasteiger partial charge in [0.15, 0.2) is 0 Å². The van der Waals surface area contributed by atoms with Crippen molar-refractivity contribution in [3.05, 3.63) is 82.8 Å². The highest BCUT2D eigenvalue weighted by Crippen LogP contribution is 2.35. The fraction of sp³-hybridized carbons (Fsp3) is 0.276. The molecule has 0 spiro atoms. The number of fused-ring (bicyclic) bond motifs is 1. The van der Waals surface area contributed by atoms with E-state index < -0.39 is 29.1 Å². The molecule has 0 radical (unpaired) electrons. The van der Waals surface area contributed by atoms with Crippen molar-refractivity contribution in [2.45, 2.75) is 20.0 Å². The van der Waals surface area contributed by atoms with Crippen LogP contribution >= 0.6 is 0 Å². The molecule has 5 rings (SSSR count). The van der Waals surface area contributed by atoms with Gasteiger partial charge in [0, 0.05) is 54.9 Å². The van der Waals surface area contributed by atoms with Crippen LogP contribution in [0, 0.1) is 13.8 Å². The number of halogens is 3. The molecule has 2 N–H and O–H groups in total. The maximum atomic E-state index is 14.0. The third kappa shape index (κ3) is 5.24. The first kappa shape index (κ1) is 27.2. The van der Waals surface area contributed by atoms with Gasteiger partial charge in [-0.1, -0.05) is 12.1 Å². The molecule has 40 heavy (non-hydrogen) atoms. The minimum Gasteiger partial charge on any atom is -0.507 e. The monoisotopic (exact) mass is 551 g/mol. The van der Waals surface area contributed by atoms with E-state index in [-0.39, 0.29) is 17.1 Å². The second-order valence-electron chi connectivity index (χ2n) is 10.0. The van der Waals surface area contributed by atoms with Gasteiger partial charge in [0.1, 0.15) is 17.1 Å². The summed E-state index contributed by atoms with van der Waals surface area (Å²) in [6.45, 7) is 5.49. The highest BCUT2D eigenvalue weighted by atomic mass is 19.4. The lowest BCUT2D eigenvalue weighted by atomic mass is 10.0. The first-order valence-electron chi connectivity index (χ1n) is 12.7. The van der Waals surface area contributed by atoms with Crippen molar-refractivity contribution in [2.75, 3.05) is 38.5 Å². The molecule has 0 unspecified atom stereocenters. The normalized spacial score (nSPS) is 14.5. The zero-order valence-electron chi connectivity index (χ0n) is 22.2. The average Bonchev–Trinajstić information content (AvgIpc) is 3.36. The van der Waals surface area contributed by atoms with E-state index in [0.29, 0.717) is 43.0 Å². The molecule has 208 valence electrons. The number of phenols is 1. The number of pyridine rings is 1. The minimum absolute atomic E-state index is 0.0201. The van der Waals surface area contributed by atoms with Gasteiger partial charge in [-0.3, -0.25) is 9.59 Å². The molecule has 8 nitrogen and oxygen atoms in total. The molecular formula is C29H28F3N5O3. The Balaban J connectivity index is 1.45. The number of aromatic hydroxyl groups is 1. The number of benzene rings is 2. The molecule has 4 aromatic rings. The topological polar surface area (TPSA) is 90.2 Å². The van der Waals surface area contributed by atoms with Crippen molar-refractivity contribution in [3.8, 4) is 16.9 Å². The lowest BCUT2D eigenvalue weighted by molar-refractivity contribution is -0.138. The first-order chi connectivity index (χ1) is 18.9. The van der Waals surface area contributed by atoms with Gasteiger partial charge >= 0.3 is 6.18 Å². The number of carbonyl (C=O) groups is 2. The van der Waals surface area contributed by atoms with Crippen LogP contribution in [0.15, 0.2) is 54.7 Å². The maximum absolute atomic E-state index is 14.0. The summed E-state index contributed by atoms with van der Waals surface area (Å²) in [6, 6.07) is 12.0. The Morgan fingerprint density at radius 3 is 2.33 bits per heavy atom. The van der Waals surface area contributed by atoms with E-state index in [1.807, 2.05) is 37.9 Å². The number of nitrogens with one attached hydrogen (secondary N) is 1. The number of aryl methyl sites for hydroxylation is 2. The van der Waals surface area contributed by atoms with Crippen LogP contribution in [0.25, 0.3) is 16.8 Å². The molecule has 2 aromatic heterocycles. The van der Waals surface area contributed by atoms with E-state index in [0.717, 1.165) is 23.4 Å². The van der Waals surface area contributed by atoms with Crippen molar-refractivity contribution in [1.29, 1.82) is 0 Å². The smallest absolute Gasteiger partial charge is 0.417 e. The maximum Gasteiger partial charge on any atom is 0.417 e. The van der Waals surface area contributed by atoms with Gasteiger partial charge in [-0.15, -0.1) is 0 Å². The predicted molar refractivity (Wildman–Crippen MR) is 145 cm³/mol. The molecule has 1 aliphatic rings. The number of anilines is 1. The van der Waals surface area contributed by atoms with Crippen LogP contribution in [0.5, 0.6) is 5.75 Å². The van der Waals surface area contributed by atoms with Gasteiger partial charge in [-0.2, -0.15) is 13.2 Å². The van der Waals surface area contributed by atoms with Gasteiger partial charge in [-0.05, 0) is 62.9 Å². The van der Waals surface area contributed by atoms with Crippen LogP contribution in [-0.2, 0) is 6.18 Å². The number of alkyl halides is 3. The second kappa shape index (κ2) is 10.3. The van der Waals surface area contributed by atoms with Gasteiger partial charge in [-0.25, -0.2) is 4.98 Å². The molecule has 1 saturated heterocycles. The van der Waals surface area contributed by atoms with Gasteiger partial charge < -0.3 is 24.6 Å². The molecule has 3 heterocycles. The number of carbonyl (C=O) groups excluding carboxylic acids is 2. The number of hydrogen-bond acceptors (Lipinski definition) is 5. The molecule has 1 aliphatic heterocycles. The van der Waals surface area contributed by atoms with Crippen LogP contribution in [0.2, 0.25) is 0 Å². The number of nitrogens with zero attached hydrogens (tertiary/aromatic N) is 4. The molecule has 0 aliphatic carbocycles. The molecule has 2 amide bonds. The average molecular weight is 552 g/mol. The van der Waals surface area contributed by atoms with Crippen molar-refractivity contribution >= 4 is 23.1 Å². The Kier molecular flexibility index (Phi) is 7.01. The third-order valence-corrected chi connectivity index (χ3v) is 7.10. The zero-order valence-corrected chi connectivity index (χ0v) is 22.2. The lowest BCUT2D eigenvalue weighted by Gasteiger charge is -2.33. The van der Waals surface area contributed by atoms with Gasteiger partial charge in [0.2, 0.25) is 0 Å². The molecule has 11 heteroatoms. The summed E-state index contributed by atoms with van der Waals surface area (Å²) >= 11 is 0. The van der Waals surface area contributed by atoms with E-state index >= 15 is 0 Å². The van der Waals surface area contributed by atoms with Crippen molar-refractivity contribution in [3.63, 3.8) is 0 Å². The number of rotatable bonds is 4. The van der Waals surface area contributed by atoms with Crippen LogP contribution in [0.4, 0.5) is 18.9 Å². The number of aromatic nitrogens is 2. The third-order valence-electron chi connectivity index (χ3n) is 7.10. The molecule has 0 bridgehead atoms. The molecular weight excluding hydrogens is 523 g/mol. The van der Waals surface area contributed by atoms with E-state index in [9.17, 15) is 27.9 Å². The minimum atomic E-state index is -4.80. The fourth-order valence-corrected chi connectivity index (χ4v) is 4.80. The largest absolute Gasteiger partial charge is 0.507 e. The van der Waals surface area contributed by atoms with Crippen molar-refractivity contribution in [1.82, 2.24) is 19.2 Å². The summed E-state index contributed by atoms with van der Waals surface area (Å²) in [7, 11) is 1.89. The molecule has 2 aromatic carbocycles. The highest BCUT2D eigenvalue weighted by molar-refractivity contribution is 6.04. The Morgan fingerprint density at radius 2 is 1.65 bits per heavy atom. The van der Waals surface area contributed by atoms with Gasteiger partial charge in [0.25, 0.3) is 11.8 Å². The van der Waals surface area contributed by atoms with Crippen LogP contribution in [-0.4, -0.2) is 69.3 Å². The number of amides is 2. The zero-order chi connectivity index (χ0) is 28.8. The van der Waals surface area contributed by atoms with E-state index in [2.05, 4.69) is 10.3 Å². The quantitative estimate of drug-likeness (QED) is 0.373. The first-order valence-corrected chi connectivity index (χ1v) is 12.7. The Bertz CT molecular complexity index is 1620. The van der Waals surface area contributed by atoms with E-state index in [1.54, 1.807) is 22.6 Å². The number of piperazine rings is 1. The summed E-state index contributed by atoms with van der Waals surface area (Å²) in [5.41, 5.74) is 1.47. The summed E-state index contributed by atoms with van der Waals surface area (Å²) < 4.78 is 43.7. The molecule has 1 fully saturated rings. The SMILES string of the molecule is Cc1ccc(-c2ccc(C)n3cc(C(=O)Nc4ccc(C(=O)N5CCN(C)CC5)c(C(F)(F)F)c4)nc23)c(O)c1. The van der Waals surface area contributed by atoms with Gasteiger partial charge in [0.05, 0.1) is 11.1 Å². The molecule has 0 atom stereocenters.